The van der Waals surface area contributed by atoms with E-state index in [4.69, 9.17) is 5.11 Å². The fraction of sp³-hybridized carbons (Fsp3) is 0.417. The fourth-order valence-corrected chi connectivity index (χ4v) is 1.68. The molecule has 0 unspecified atom stereocenters. The van der Waals surface area contributed by atoms with Crippen LogP contribution in [0.5, 0.6) is 0 Å². The minimum atomic E-state index is 0.769. The first-order valence-electron chi connectivity index (χ1n) is 4.94. The van der Waals surface area contributed by atoms with Gasteiger partial charge in [0.25, 0.3) is 0 Å². The largest absolute Gasteiger partial charge is 0.385 e. The van der Waals surface area contributed by atoms with Crippen molar-refractivity contribution in [2.45, 2.75) is 32.1 Å². The Morgan fingerprint density at radius 2 is 2.15 bits per heavy atom. The van der Waals surface area contributed by atoms with E-state index in [9.17, 15) is 0 Å². The zero-order valence-corrected chi connectivity index (χ0v) is 7.96. The van der Waals surface area contributed by atoms with Crippen LogP contribution in [-0.2, 0) is 6.42 Å². The van der Waals surface area contributed by atoms with Crippen molar-refractivity contribution in [3.8, 4) is 0 Å². The summed E-state index contributed by atoms with van der Waals surface area (Å²) in [7, 11) is 0. The van der Waals surface area contributed by atoms with E-state index in [1.807, 2.05) is 6.07 Å². The Balaban J connectivity index is 2.33. The summed E-state index contributed by atoms with van der Waals surface area (Å²) < 4.78 is 0. The molecule has 2 rings (SSSR count). The first-order chi connectivity index (χ1) is 6.33. The average Bonchev–Trinajstić information content (AvgIpc) is 3.00. The molecule has 1 fully saturated rings. The first-order valence-corrected chi connectivity index (χ1v) is 4.94. The number of hydrogen-bond acceptors (Lipinski definition) is 1. The van der Waals surface area contributed by atoms with Crippen LogP contribution in [0.2, 0.25) is 0 Å². The van der Waals surface area contributed by atoms with Gasteiger partial charge in [-0.25, -0.2) is 0 Å². The van der Waals surface area contributed by atoms with E-state index in [2.05, 4.69) is 19.1 Å². The molecule has 1 nitrogen and oxygen atoms in total. The number of aliphatic hydroxyl groups excluding tert-OH is 1. The molecule has 0 aromatic heterocycles. The van der Waals surface area contributed by atoms with Crippen molar-refractivity contribution >= 4 is 0 Å². The Labute approximate surface area is 79.4 Å². The molecule has 0 aliphatic heterocycles. The lowest BCUT2D eigenvalue weighted by atomic mass is 10.0. The summed E-state index contributed by atoms with van der Waals surface area (Å²) in [4.78, 5) is 0. The predicted molar refractivity (Wildman–Crippen MR) is 53.1 cm³/mol. The Hall–Kier alpha value is -0.820. The number of aryl methyl sites for hydroxylation is 1. The SMILES string of the molecule is CCc1cc([CH]O)cc(C2CC2)c1. The molecule has 0 spiro atoms. The Kier molecular flexibility index (Phi) is 2.36. The van der Waals surface area contributed by atoms with Gasteiger partial charge >= 0.3 is 0 Å². The van der Waals surface area contributed by atoms with Crippen LogP contribution in [0.15, 0.2) is 18.2 Å². The monoisotopic (exact) mass is 175 g/mol. The third-order valence-corrected chi connectivity index (χ3v) is 2.64. The van der Waals surface area contributed by atoms with Crippen LogP contribution < -0.4 is 0 Å². The van der Waals surface area contributed by atoms with Gasteiger partial charge in [0.05, 0.1) is 0 Å². The van der Waals surface area contributed by atoms with Gasteiger partial charge in [-0.15, -0.1) is 0 Å². The summed E-state index contributed by atoms with van der Waals surface area (Å²) in [6.07, 6.45) is 3.68. The van der Waals surface area contributed by atoms with Crippen molar-refractivity contribution in [3.05, 3.63) is 41.5 Å². The van der Waals surface area contributed by atoms with E-state index in [1.54, 1.807) is 0 Å². The second kappa shape index (κ2) is 3.51. The van der Waals surface area contributed by atoms with Gasteiger partial charge in [0, 0.05) is 0 Å². The van der Waals surface area contributed by atoms with Gasteiger partial charge in [-0.3, -0.25) is 0 Å². The van der Waals surface area contributed by atoms with Crippen LogP contribution in [0.3, 0.4) is 0 Å². The summed E-state index contributed by atoms with van der Waals surface area (Å²) in [5, 5.41) is 8.96. The highest BCUT2D eigenvalue weighted by Crippen LogP contribution is 2.40. The van der Waals surface area contributed by atoms with Crippen LogP contribution in [0.4, 0.5) is 0 Å². The Morgan fingerprint density at radius 1 is 1.38 bits per heavy atom. The third-order valence-electron chi connectivity index (χ3n) is 2.64. The van der Waals surface area contributed by atoms with Gasteiger partial charge < -0.3 is 5.11 Å². The normalized spacial score (nSPS) is 16.2. The number of rotatable bonds is 3. The molecule has 1 aliphatic rings. The maximum absolute atomic E-state index is 8.96. The quantitative estimate of drug-likeness (QED) is 0.748. The lowest BCUT2D eigenvalue weighted by Gasteiger charge is -2.05. The van der Waals surface area contributed by atoms with Crippen molar-refractivity contribution in [1.29, 1.82) is 0 Å². The highest BCUT2D eigenvalue weighted by atomic mass is 16.3. The summed E-state index contributed by atoms with van der Waals surface area (Å²) in [5.74, 6) is 0.769. The minimum Gasteiger partial charge on any atom is -0.385 e. The smallest absolute Gasteiger partial charge is 0.109 e. The van der Waals surface area contributed by atoms with E-state index < -0.39 is 0 Å². The molecule has 1 radical (unpaired) electrons. The molecule has 69 valence electrons. The highest BCUT2D eigenvalue weighted by molar-refractivity contribution is 5.36. The maximum Gasteiger partial charge on any atom is 0.109 e. The molecule has 0 amide bonds. The molecule has 1 aliphatic carbocycles. The second-order valence-corrected chi connectivity index (χ2v) is 3.76. The summed E-state index contributed by atoms with van der Waals surface area (Å²) >= 11 is 0. The van der Waals surface area contributed by atoms with Gasteiger partial charge in [-0.05, 0) is 41.9 Å². The number of aliphatic hydroxyl groups is 1. The van der Waals surface area contributed by atoms with E-state index in [-0.39, 0.29) is 0 Å². The number of benzene rings is 1. The Morgan fingerprint density at radius 3 is 2.69 bits per heavy atom. The summed E-state index contributed by atoms with van der Waals surface area (Å²) in [6.45, 7) is 3.35. The molecule has 13 heavy (non-hydrogen) atoms. The number of hydrogen-bond donors (Lipinski definition) is 1. The van der Waals surface area contributed by atoms with E-state index in [1.165, 1.54) is 30.6 Å². The highest BCUT2D eigenvalue weighted by Gasteiger charge is 2.23. The van der Waals surface area contributed by atoms with Crippen LogP contribution in [0, 0.1) is 6.61 Å². The first kappa shape index (κ1) is 8.76. The summed E-state index contributed by atoms with van der Waals surface area (Å²) in [5.41, 5.74) is 3.67. The van der Waals surface area contributed by atoms with Crippen molar-refractivity contribution in [1.82, 2.24) is 0 Å². The van der Waals surface area contributed by atoms with Gasteiger partial charge in [-0.2, -0.15) is 0 Å². The lowest BCUT2D eigenvalue weighted by Crippen LogP contribution is -1.90. The average molecular weight is 175 g/mol. The molecular formula is C12H15O. The van der Waals surface area contributed by atoms with Crippen LogP contribution in [0.25, 0.3) is 0 Å². The summed E-state index contributed by atoms with van der Waals surface area (Å²) in [6, 6.07) is 6.41. The van der Waals surface area contributed by atoms with Crippen LogP contribution in [0.1, 0.15) is 42.4 Å². The molecule has 0 bridgehead atoms. The van der Waals surface area contributed by atoms with Crippen molar-refractivity contribution in [2.24, 2.45) is 0 Å². The maximum atomic E-state index is 8.96. The standard InChI is InChI=1S/C12H15O/c1-2-9-5-10(8-13)7-12(6-9)11-3-4-11/h5-8,11,13H,2-4H2,1H3. The van der Waals surface area contributed by atoms with E-state index >= 15 is 0 Å². The van der Waals surface area contributed by atoms with Gasteiger partial charge in [0.2, 0.25) is 0 Å². The van der Waals surface area contributed by atoms with Crippen molar-refractivity contribution in [2.75, 3.05) is 0 Å². The molecule has 1 aromatic rings. The van der Waals surface area contributed by atoms with Crippen LogP contribution >= 0.6 is 0 Å². The van der Waals surface area contributed by atoms with Gasteiger partial charge in [-0.1, -0.05) is 25.1 Å². The lowest BCUT2D eigenvalue weighted by molar-refractivity contribution is 0.414. The molecule has 1 aromatic carbocycles. The van der Waals surface area contributed by atoms with Gasteiger partial charge in [0.15, 0.2) is 0 Å². The second-order valence-electron chi connectivity index (χ2n) is 3.76. The minimum absolute atomic E-state index is 0.769. The molecule has 1 N–H and O–H groups in total. The molecule has 0 heterocycles. The molecule has 1 heteroatoms. The van der Waals surface area contributed by atoms with Crippen molar-refractivity contribution in [3.63, 3.8) is 0 Å². The topological polar surface area (TPSA) is 20.2 Å². The molecular weight excluding hydrogens is 160 g/mol. The molecule has 1 saturated carbocycles. The third kappa shape index (κ3) is 1.92. The predicted octanol–water partition coefficient (Wildman–Crippen LogP) is 3.01. The Bertz CT molecular complexity index is 278. The van der Waals surface area contributed by atoms with Crippen LogP contribution in [-0.4, -0.2) is 5.11 Å². The fourth-order valence-electron chi connectivity index (χ4n) is 1.68. The molecule has 0 atom stereocenters. The zero-order chi connectivity index (χ0) is 9.26. The zero-order valence-electron chi connectivity index (χ0n) is 7.96. The van der Waals surface area contributed by atoms with Gasteiger partial charge in [0.1, 0.15) is 6.61 Å². The van der Waals surface area contributed by atoms with E-state index in [0.717, 1.165) is 17.9 Å². The molecule has 0 saturated heterocycles. The van der Waals surface area contributed by atoms with Crippen molar-refractivity contribution < 1.29 is 5.11 Å². The van der Waals surface area contributed by atoms with E-state index in [0.29, 0.717) is 0 Å².